The Morgan fingerprint density at radius 3 is 2.47 bits per heavy atom. The van der Waals surface area contributed by atoms with E-state index in [0.717, 1.165) is 7.11 Å². The molecule has 0 unspecified atom stereocenters. The highest BCUT2D eigenvalue weighted by Gasteiger charge is 2.10. The number of nitrogens with zero attached hydrogens (tertiary/aromatic N) is 3. The van der Waals surface area contributed by atoms with Gasteiger partial charge in [-0.2, -0.15) is 15.6 Å². The Bertz CT molecular complexity index is 520. The van der Waals surface area contributed by atoms with E-state index < -0.39 is 5.97 Å². The van der Waals surface area contributed by atoms with Crippen molar-refractivity contribution in [3.8, 4) is 12.1 Å². The second kappa shape index (κ2) is 5.89. The number of esters is 1. The van der Waals surface area contributed by atoms with Gasteiger partial charge in [0.15, 0.2) is 0 Å². The van der Waals surface area contributed by atoms with Crippen LogP contribution in [0.2, 0.25) is 0 Å². The van der Waals surface area contributed by atoms with E-state index in [2.05, 4.69) is 15.3 Å². The Kier molecular flexibility index (Phi) is 4.23. The van der Waals surface area contributed by atoms with Gasteiger partial charge < -0.3 is 4.74 Å². The first-order valence-corrected chi connectivity index (χ1v) is 4.53. The van der Waals surface area contributed by atoms with Gasteiger partial charge >= 0.3 is 5.97 Å². The van der Waals surface area contributed by atoms with Crippen LogP contribution in [0.5, 0.6) is 0 Å². The standard InChI is InChI=1S/C11H8N4O2/c1-17-11(16)10(7-13)15-14-9-4-2-8(6-12)3-5-9/h2-5,14H,1H3/b15-10-. The van der Waals surface area contributed by atoms with E-state index in [9.17, 15) is 4.79 Å². The normalized spacial score (nSPS) is 9.94. The molecule has 0 heterocycles. The van der Waals surface area contributed by atoms with Crippen molar-refractivity contribution in [2.24, 2.45) is 5.10 Å². The summed E-state index contributed by atoms with van der Waals surface area (Å²) < 4.78 is 4.35. The Morgan fingerprint density at radius 1 is 1.35 bits per heavy atom. The van der Waals surface area contributed by atoms with Gasteiger partial charge in [0.25, 0.3) is 0 Å². The van der Waals surface area contributed by atoms with Crippen LogP contribution in [-0.2, 0) is 9.53 Å². The van der Waals surface area contributed by atoms with E-state index in [-0.39, 0.29) is 5.71 Å². The molecule has 17 heavy (non-hydrogen) atoms. The minimum atomic E-state index is -0.811. The highest BCUT2D eigenvalue weighted by molar-refractivity contribution is 6.43. The smallest absolute Gasteiger partial charge is 0.369 e. The van der Waals surface area contributed by atoms with Crippen LogP contribution in [-0.4, -0.2) is 18.8 Å². The Labute approximate surface area is 97.7 Å². The third kappa shape index (κ3) is 3.33. The average Bonchev–Trinajstić information content (AvgIpc) is 2.39. The molecular formula is C11H8N4O2. The molecule has 1 aromatic carbocycles. The molecule has 0 saturated heterocycles. The predicted octanol–water partition coefficient (Wildman–Crippen LogP) is 1.02. The van der Waals surface area contributed by atoms with Gasteiger partial charge in [0, 0.05) is 0 Å². The summed E-state index contributed by atoms with van der Waals surface area (Å²) in [6.45, 7) is 0. The Hall–Kier alpha value is -2.86. The van der Waals surface area contributed by atoms with E-state index in [1.165, 1.54) is 0 Å². The van der Waals surface area contributed by atoms with Gasteiger partial charge in [-0.05, 0) is 24.3 Å². The van der Waals surface area contributed by atoms with Crippen LogP contribution in [0.1, 0.15) is 5.56 Å². The molecular weight excluding hydrogens is 220 g/mol. The van der Waals surface area contributed by atoms with Crippen molar-refractivity contribution in [1.29, 1.82) is 10.5 Å². The first kappa shape index (κ1) is 12.2. The molecule has 0 aliphatic heterocycles. The topological polar surface area (TPSA) is 98.3 Å². The molecule has 0 atom stereocenters. The molecule has 0 bridgehead atoms. The number of hydrogen-bond acceptors (Lipinski definition) is 6. The fourth-order valence-corrected chi connectivity index (χ4v) is 0.953. The minimum absolute atomic E-state index is 0.378. The second-order valence-electron chi connectivity index (χ2n) is 2.86. The molecule has 6 nitrogen and oxygen atoms in total. The highest BCUT2D eigenvalue weighted by atomic mass is 16.5. The summed E-state index contributed by atoms with van der Waals surface area (Å²) >= 11 is 0. The molecule has 6 heteroatoms. The first-order chi connectivity index (χ1) is 8.21. The van der Waals surface area contributed by atoms with E-state index in [0.29, 0.717) is 11.3 Å². The van der Waals surface area contributed by atoms with Crippen LogP contribution < -0.4 is 5.43 Å². The lowest BCUT2D eigenvalue weighted by Crippen LogP contribution is -2.15. The number of carbonyl (C=O) groups excluding carboxylic acids is 1. The average molecular weight is 228 g/mol. The number of hydrazone groups is 1. The van der Waals surface area contributed by atoms with Crippen LogP contribution in [0.15, 0.2) is 29.4 Å². The van der Waals surface area contributed by atoms with Crippen molar-refractivity contribution in [2.45, 2.75) is 0 Å². The number of nitrogens with one attached hydrogen (secondary N) is 1. The van der Waals surface area contributed by atoms with Crippen molar-refractivity contribution in [3.63, 3.8) is 0 Å². The van der Waals surface area contributed by atoms with E-state index >= 15 is 0 Å². The zero-order chi connectivity index (χ0) is 12.7. The van der Waals surface area contributed by atoms with E-state index in [1.54, 1.807) is 30.3 Å². The molecule has 0 radical (unpaired) electrons. The molecule has 0 amide bonds. The molecule has 84 valence electrons. The molecule has 0 aromatic heterocycles. The molecule has 0 aliphatic rings. The van der Waals surface area contributed by atoms with Crippen LogP contribution in [0.25, 0.3) is 0 Å². The number of benzene rings is 1. The minimum Gasteiger partial charge on any atom is -0.464 e. The third-order valence-electron chi connectivity index (χ3n) is 1.80. The van der Waals surface area contributed by atoms with Gasteiger partial charge in [-0.3, -0.25) is 5.43 Å². The third-order valence-corrected chi connectivity index (χ3v) is 1.80. The van der Waals surface area contributed by atoms with Gasteiger partial charge in [0.2, 0.25) is 5.71 Å². The molecule has 0 aliphatic carbocycles. The van der Waals surface area contributed by atoms with Gasteiger partial charge in [-0.1, -0.05) is 0 Å². The number of nitriles is 2. The fraction of sp³-hybridized carbons (Fsp3) is 0.0909. The van der Waals surface area contributed by atoms with Gasteiger partial charge in [-0.25, -0.2) is 4.79 Å². The lowest BCUT2D eigenvalue weighted by molar-refractivity contribution is -0.132. The van der Waals surface area contributed by atoms with Crippen molar-refractivity contribution in [2.75, 3.05) is 12.5 Å². The van der Waals surface area contributed by atoms with E-state index in [1.807, 2.05) is 6.07 Å². The SMILES string of the molecule is COC(=O)/C(C#N)=N\Nc1ccc(C#N)cc1. The monoisotopic (exact) mass is 228 g/mol. The van der Waals surface area contributed by atoms with Crippen LogP contribution in [0.3, 0.4) is 0 Å². The highest BCUT2D eigenvalue weighted by Crippen LogP contribution is 2.08. The van der Waals surface area contributed by atoms with Crippen molar-refractivity contribution < 1.29 is 9.53 Å². The molecule has 1 N–H and O–H groups in total. The summed E-state index contributed by atoms with van der Waals surface area (Å²) in [6, 6.07) is 9.96. The summed E-state index contributed by atoms with van der Waals surface area (Å²) in [4.78, 5) is 11.0. The summed E-state index contributed by atoms with van der Waals surface area (Å²) in [5.41, 5.74) is 3.20. The first-order valence-electron chi connectivity index (χ1n) is 4.53. The number of ether oxygens (including phenoxy) is 1. The quantitative estimate of drug-likeness (QED) is 0.473. The summed E-state index contributed by atoms with van der Waals surface area (Å²) in [7, 11) is 1.16. The largest absolute Gasteiger partial charge is 0.464 e. The molecule has 1 rings (SSSR count). The van der Waals surface area contributed by atoms with Crippen molar-refractivity contribution >= 4 is 17.4 Å². The maximum absolute atomic E-state index is 11.0. The Balaban J connectivity index is 2.78. The maximum Gasteiger partial charge on any atom is 0.369 e. The molecule has 0 spiro atoms. The zero-order valence-corrected chi connectivity index (χ0v) is 8.97. The lowest BCUT2D eigenvalue weighted by Gasteiger charge is -2.00. The number of anilines is 1. The zero-order valence-electron chi connectivity index (χ0n) is 8.97. The Morgan fingerprint density at radius 2 is 2.00 bits per heavy atom. The molecule has 0 fully saturated rings. The second-order valence-corrected chi connectivity index (χ2v) is 2.86. The maximum atomic E-state index is 11.0. The lowest BCUT2D eigenvalue weighted by atomic mass is 10.2. The molecule has 1 aromatic rings. The van der Waals surface area contributed by atoms with Gasteiger partial charge in [0.05, 0.1) is 24.4 Å². The van der Waals surface area contributed by atoms with E-state index in [4.69, 9.17) is 10.5 Å². The predicted molar refractivity (Wildman–Crippen MR) is 59.8 cm³/mol. The van der Waals surface area contributed by atoms with Gasteiger partial charge in [0.1, 0.15) is 6.07 Å². The van der Waals surface area contributed by atoms with Crippen LogP contribution >= 0.6 is 0 Å². The molecule has 0 saturated carbocycles. The number of carbonyl (C=O) groups is 1. The van der Waals surface area contributed by atoms with Crippen LogP contribution in [0, 0.1) is 22.7 Å². The van der Waals surface area contributed by atoms with Crippen molar-refractivity contribution in [1.82, 2.24) is 0 Å². The summed E-state index contributed by atoms with van der Waals surface area (Å²) in [5, 5.41) is 20.8. The number of rotatable bonds is 3. The summed E-state index contributed by atoms with van der Waals surface area (Å²) in [5.74, 6) is -0.811. The number of hydrogen-bond donors (Lipinski definition) is 1. The fourth-order valence-electron chi connectivity index (χ4n) is 0.953. The van der Waals surface area contributed by atoms with Crippen LogP contribution in [0.4, 0.5) is 5.69 Å². The van der Waals surface area contributed by atoms with Gasteiger partial charge in [-0.15, -0.1) is 0 Å². The summed E-state index contributed by atoms with van der Waals surface area (Å²) in [6.07, 6.45) is 0. The number of methoxy groups -OCH3 is 1. The van der Waals surface area contributed by atoms with Crippen molar-refractivity contribution in [3.05, 3.63) is 29.8 Å².